The lowest BCUT2D eigenvalue weighted by Crippen LogP contribution is -2.40. The summed E-state index contributed by atoms with van der Waals surface area (Å²) in [5.41, 5.74) is 0.648. The van der Waals surface area contributed by atoms with Gasteiger partial charge in [-0.1, -0.05) is 6.92 Å². The molecule has 0 atom stereocenters. The molecule has 1 N–H and O–H groups in total. The second-order valence-corrected chi connectivity index (χ2v) is 5.09. The maximum atomic E-state index is 12.6. The summed E-state index contributed by atoms with van der Waals surface area (Å²) in [6, 6.07) is 3.90. The Morgan fingerprint density at radius 3 is 2.95 bits per heavy atom. The zero-order valence-corrected chi connectivity index (χ0v) is 12.3. The molecule has 0 aliphatic carbocycles. The SMILES string of the molecule is CCCNc1ncccc1C(=O)N(C)C1CCOCC1. The predicted molar refractivity (Wildman–Crippen MR) is 79.0 cm³/mol. The average Bonchev–Trinajstić information content (AvgIpc) is 2.52. The molecule has 0 saturated carbocycles. The first-order valence-electron chi connectivity index (χ1n) is 7.27. The molecular formula is C15H23N3O2. The number of aromatic nitrogens is 1. The molecule has 1 aromatic rings. The summed E-state index contributed by atoms with van der Waals surface area (Å²) in [5.74, 6) is 0.710. The highest BCUT2D eigenvalue weighted by Crippen LogP contribution is 2.19. The summed E-state index contributed by atoms with van der Waals surface area (Å²) in [4.78, 5) is 18.7. The molecule has 1 saturated heterocycles. The fourth-order valence-electron chi connectivity index (χ4n) is 2.39. The molecule has 2 heterocycles. The maximum absolute atomic E-state index is 12.6. The lowest BCUT2D eigenvalue weighted by Gasteiger charge is -2.31. The van der Waals surface area contributed by atoms with Crippen LogP contribution >= 0.6 is 0 Å². The number of pyridine rings is 1. The third kappa shape index (κ3) is 3.48. The Hall–Kier alpha value is -1.62. The van der Waals surface area contributed by atoms with E-state index in [4.69, 9.17) is 4.74 Å². The van der Waals surface area contributed by atoms with Gasteiger partial charge in [0.25, 0.3) is 5.91 Å². The van der Waals surface area contributed by atoms with Crippen LogP contribution < -0.4 is 5.32 Å². The van der Waals surface area contributed by atoms with Crippen molar-refractivity contribution in [2.45, 2.75) is 32.2 Å². The minimum absolute atomic E-state index is 0.0311. The Morgan fingerprint density at radius 1 is 1.50 bits per heavy atom. The fourth-order valence-corrected chi connectivity index (χ4v) is 2.39. The van der Waals surface area contributed by atoms with Crippen molar-refractivity contribution in [3.05, 3.63) is 23.9 Å². The molecule has 1 fully saturated rings. The van der Waals surface area contributed by atoms with Gasteiger partial charge in [0.15, 0.2) is 0 Å². The van der Waals surface area contributed by atoms with Crippen molar-refractivity contribution in [2.75, 3.05) is 32.1 Å². The van der Waals surface area contributed by atoms with Gasteiger partial charge < -0.3 is 15.0 Å². The minimum atomic E-state index is 0.0311. The molecule has 1 aliphatic rings. The van der Waals surface area contributed by atoms with Gasteiger partial charge in [-0.25, -0.2) is 4.98 Å². The molecule has 0 bridgehead atoms. The summed E-state index contributed by atoms with van der Waals surface area (Å²) < 4.78 is 5.35. The van der Waals surface area contributed by atoms with E-state index in [1.807, 2.05) is 24.1 Å². The Morgan fingerprint density at radius 2 is 2.25 bits per heavy atom. The number of nitrogens with zero attached hydrogens (tertiary/aromatic N) is 2. The summed E-state index contributed by atoms with van der Waals surface area (Å²) in [6.45, 7) is 4.37. The first-order valence-corrected chi connectivity index (χ1v) is 7.27. The maximum Gasteiger partial charge on any atom is 0.257 e. The van der Waals surface area contributed by atoms with Crippen molar-refractivity contribution >= 4 is 11.7 Å². The number of hydrogen-bond acceptors (Lipinski definition) is 4. The Kier molecular flexibility index (Phi) is 5.35. The first kappa shape index (κ1) is 14.8. The minimum Gasteiger partial charge on any atom is -0.381 e. The molecule has 1 amide bonds. The van der Waals surface area contributed by atoms with Gasteiger partial charge in [-0.2, -0.15) is 0 Å². The smallest absolute Gasteiger partial charge is 0.257 e. The van der Waals surface area contributed by atoms with E-state index in [1.54, 1.807) is 6.20 Å². The first-order chi connectivity index (χ1) is 9.74. The lowest BCUT2D eigenvalue weighted by molar-refractivity contribution is 0.0362. The number of nitrogens with one attached hydrogen (secondary N) is 1. The number of carbonyl (C=O) groups is 1. The molecule has 0 unspecified atom stereocenters. The van der Waals surface area contributed by atoms with Crippen LogP contribution in [0, 0.1) is 0 Å². The van der Waals surface area contributed by atoms with Gasteiger partial charge in [0, 0.05) is 39.0 Å². The third-order valence-electron chi connectivity index (χ3n) is 3.64. The van der Waals surface area contributed by atoms with Crippen LogP contribution in [0.5, 0.6) is 0 Å². The van der Waals surface area contributed by atoms with E-state index < -0.39 is 0 Å². The summed E-state index contributed by atoms with van der Waals surface area (Å²) in [7, 11) is 1.87. The van der Waals surface area contributed by atoms with E-state index in [1.165, 1.54) is 0 Å². The Balaban J connectivity index is 2.11. The quantitative estimate of drug-likeness (QED) is 0.896. The highest BCUT2D eigenvalue weighted by atomic mass is 16.5. The molecule has 0 radical (unpaired) electrons. The zero-order valence-electron chi connectivity index (χ0n) is 12.3. The Labute approximate surface area is 120 Å². The van der Waals surface area contributed by atoms with Crippen LogP contribution in [0.3, 0.4) is 0 Å². The van der Waals surface area contributed by atoms with Crippen LogP contribution in [-0.2, 0) is 4.74 Å². The molecule has 0 spiro atoms. The van der Waals surface area contributed by atoms with E-state index in [9.17, 15) is 4.79 Å². The number of carbonyl (C=O) groups excluding carboxylic acids is 1. The summed E-state index contributed by atoms with van der Waals surface area (Å²) in [5, 5.41) is 3.22. The van der Waals surface area contributed by atoms with Crippen LogP contribution in [0.25, 0.3) is 0 Å². The molecule has 0 aromatic carbocycles. The van der Waals surface area contributed by atoms with Gasteiger partial charge in [0.2, 0.25) is 0 Å². The van der Waals surface area contributed by atoms with E-state index in [0.29, 0.717) is 11.4 Å². The molecule has 1 aromatic heterocycles. The van der Waals surface area contributed by atoms with Gasteiger partial charge in [0.05, 0.1) is 5.56 Å². The van der Waals surface area contributed by atoms with Crippen molar-refractivity contribution in [1.29, 1.82) is 0 Å². The van der Waals surface area contributed by atoms with Crippen LogP contribution in [0.2, 0.25) is 0 Å². The molecule has 1 aliphatic heterocycles. The molecule has 2 rings (SSSR count). The van der Waals surface area contributed by atoms with E-state index >= 15 is 0 Å². The molecule has 5 heteroatoms. The van der Waals surface area contributed by atoms with Gasteiger partial charge in [-0.15, -0.1) is 0 Å². The van der Waals surface area contributed by atoms with Gasteiger partial charge in [-0.3, -0.25) is 4.79 Å². The predicted octanol–water partition coefficient (Wildman–Crippen LogP) is 2.15. The molecule has 5 nitrogen and oxygen atoms in total. The summed E-state index contributed by atoms with van der Waals surface area (Å²) >= 11 is 0. The fraction of sp³-hybridized carbons (Fsp3) is 0.600. The van der Waals surface area contributed by atoms with Crippen LogP contribution in [0.1, 0.15) is 36.5 Å². The molecular weight excluding hydrogens is 254 g/mol. The topological polar surface area (TPSA) is 54.5 Å². The summed E-state index contributed by atoms with van der Waals surface area (Å²) in [6.07, 6.45) is 4.52. The van der Waals surface area contributed by atoms with E-state index in [0.717, 1.165) is 39.0 Å². The normalized spacial score (nSPS) is 15.9. The second-order valence-electron chi connectivity index (χ2n) is 5.09. The van der Waals surface area contributed by atoms with Crippen molar-refractivity contribution < 1.29 is 9.53 Å². The molecule has 110 valence electrons. The lowest BCUT2D eigenvalue weighted by atomic mass is 10.1. The van der Waals surface area contributed by atoms with Crippen LogP contribution in [0.15, 0.2) is 18.3 Å². The van der Waals surface area contributed by atoms with Gasteiger partial charge in [-0.05, 0) is 31.4 Å². The highest BCUT2D eigenvalue weighted by molar-refractivity contribution is 5.98. The van der Waals surface area contributed by atoms with Crippen molar-refractivity contribution in [2.24, 2.45) is 0 Å². The van der Waals surface area contributed by atoms with Crippen molar-refractivity contribution in [3.8, 4) is 0 Å². The Bertz CT molecular complexity index is 444. The zero-order chi connectivity index (χ0) is 14.4. The van der Waals surface area contributed by atoms with E-state index in [-0.39, 0.29) is 11.9 Å². The monoisotopic (exact) mass is 277 g/mol. The van der Waals surface area contributed by atoms with Gasteiger partial charge in [0.1, 0.15) is 5.82 Å². The number of amides is 1. The molecule has 20 heavy (non-hydrogen) atoms. The van der Waals surface area contributed by atoms with Gasteiger partial charge >= 0.3 is 0 Å². The average molecular weight is 277 g/mol. The standard InChI is InChI=1S/C15H23N3O2/c1-3-8-16-14-13(5-4-9-17-14)15(19)18(2)12-6-10-20-11-7-12/h4-5,9,12H,3,6-8,10-11H2,1-2H3,(H,16,17). The largest absolute Gasteiger partial charge is 0.381 e. The number of anilines is 1. The highest BCUT2D eigenvalue weighted by Gasteiger charge is 2.25. The number of hydrogen-bond donors (Lipinski definition) is 1. The van der Waals surface area contributed by atoms with Crippen LogP contribution in [0.4, 0.5) is 5.82 Å². The number of rotatable bonds is 5. The number of ether oxygens (including phenoxy) is 1. The third-order valence-corrected chi connectivity index (χ3v) is 3.64. The van der Waals surface area contributed by atoms with Crippen LogP contribution in [-0.4, -0.2) is 48.6 Å². The van der Waals surface area contributed by atoms with E-state index in [2.05, 4.69) is 17.2 Å². The second kappa shape index (κ2) is 7.24. The van der Waals surface area contributed by atoms with Crippen molar-refractivity contribution in [3.63, 3.8) is 0 Å². The van der Waals surface area contributed by atoms with Crippen molar-refractivity contribution in [1.82, 2.24) is 9.88 Å².